The minimum Gasteiger partial charge on any atom is -0.466 e. The number of nitro groups is 1. The van der Waals surface area contributed by atoms with E-state index in [1.54, 1.807) is 6.92 Å². The summed E-state index contributed by atoms with van der Waals surface area (Å²) in [5.41, 5.74) is 0.473. The molecule has 0 N–H and O–H groups in total. The molecule has 0 fully saturated rings. The molecular formula is C18H17N3O6. The van der Waals surface area contributed by atoms with Gasteiger partial charge in [0.25, 0.3) is 5.69 Å². The number of rotatable bonds is 4. The van der Waals surface area contributed by atoms with Crippen LogP contribution in [-0.2, 0) is 19.1 Å². The van der Waals surface area contributed by atoms with E-state index in [0.29, 0.717) is 11.3 Å². The number of nitrogens with zero attached hydrogens (tertiary/aromatic N) is 3. The predicted octanol–water partition coefficient (Wildman–Crippen LogP) is 2.02. The summed E-state index contributed by atoms with van der Waals surface area (Å²) in [5, 5.41) is 20.7. The SMILES string of the molecule is COC(=O)C1=C(C)N(C)C(C#N)=C(C(=O)OC)C1c1cccc([N+](=O)[O-])c1. The molecule has 1 aliphatic rings. The van der Waals surface area contributed by atoms with Gasteiger partial charge in [-0.1, -0.05) is 12.1 Å². The molecule has 1 unspecified atom stereocenters. The Morgan fingerprint density at radius 3 is 2.33 bits per heavy atom. The summed E-state index contributed by atoms with van der Waals surface area (Å²) >= 11 is 0. The van der Waals surface area contributed by atoms with Crippen LogP contribution >= 0.6 is 0 Å². The van der Waals surface area contributed by atoms with E-state index in [9.17, 15) is 25.0 Å². The van der Waals surface area contributed by atoms with Crippen LogP contribution in [0.25, 0.3) is 0 Å². The van der Waals surface area contributed by atoms with Crippen LogP contribution in [0.5, 0.6) is 0 Å². The van der Waals surface area contributed by atoms with E-state index in [2.05, 4.69) is 0 Å². The highest BCUT2D eigenvalue weighted by molar-refractivity contribution is 6.00. The average Bonchev–Trinajstić information content (AvgIpc) is 2.68. The molecule has 1 aromatic carbocycles. The van der Waals surface area contributed by atoms with Gasteiger partial charge in [-0.15, -0.1) is 0 Å². The number of allylic oxidation sites excluding steroid dienone is 2. The van der Waals surface area contributed by atoms with Crippen molar-refractivity contribution in [3.8, 4) is 6.07 Å². The van der Waals surface area contributed by atoms with Crippen LogP contribution in [0, 0.1) is 21.4 Å². The second kappa shape index (κ2) is 7.70. The molecule has 9 nitrogen and oxygen atoms in total. The van der Waals surface area contributed by atoms with Crippen molar-refractivity contribution in [1.29, 1.82) is 5.26 Å². The van der Waals surface area contributed by atoms with Gasteiger partial charge in [-0.2, -0.15) is 5.26 Å². The van der Waals surface area contributed by atoms with Gasteiger partial charge in [-0.25, -0.2) is 9.59 Å². The lowest BCUT2D eigenvalue weighted by Gasteiger charge is -2.33. The average molecular weight is 371 g/mol. The molecule has 27 heavy (non-hydrogen) atoms. The minimum atomic E-state index is -1.05. The number of hydrogen-bond acceptors (Lipinski definition) is 8. The first-order valence-electron chi connectivity index (χ1n) is 7.78. The lowest BCUT2D eigenvalue weighted by atomic mass is 9.79. The summed E-state index contributed by atoms with van der Waals surface area (Å²) < 4.78 is 9.67. The third-order valence-corrected chi connectivity index (χ3v) is 4.39. The maximum Gasteiger partial charge on any atom is 0.337 e. The molecule has 0 aliphatic carbocycles. The molecular weight excluding hydrogens is 354 g/mol. The summed E-state index contributed by atoms with van der Waals surface area (Å²) in [6, 6.07) is 7.47. The quantitative estimate of drug-likeness (QED) is 0.447. The molecule has 0 radical (unpaired) electrons. The Hall–Kier alpha value is -3.67. The van der Waals surface area contributed by atoms with Crippen molar-refractivity contribution in [2.24, 2.45) is 0 Å². The summed E-state index contributed by atoms with van der Waals surface area (Å²) in [6.45, 7) is 1.60. The van der Waals surface area contributed by atoms with Gasteiger partial charge in [-0.05, 0) is 12.5 Å². The highest BCUT2D eigenvalue weighted by Gasteiger charge is 2.41. The van der Waals surface area contributed by atoms with Gasteiger partial charge in [0.15, 0.2) is 0 Å². The van der Waals surface area contributed by atoms with Crippen molar-refractivity contribution in [3.63, 3.8) is 0 Å². The zero-order valence-corrected chi connectivity index (χ0v) is 15.2. The first kappa shape index (κ1) is 19.7. The van der Waals surface area contributed by atoms with Crippen LogP contribution in [0.1, 0.15) is 18.4 Å². The van der Waals surface area contributed by atoms with Gasteiger partial charge in [0, 0.05) is 24.9 Å². The molecule has 9 heteroatoms. The Morgan fingerprint density at radius 2 is 1.81 bits per heavy atom. The number of carbonyl (C=O) groups excluding carboxylic acids is 2. The monoisotopic (exact) mass is 371 g/mol. The van der Waals surface area contributed by atoms with Gasteiger partial charge in [0.05, 0.1) is 36.2 Å². The standard InChI is InChI=1S/C18H17N3O6/c1-10-14(17(22)26-3)15(11-6-5-7-12(8-11)21(24)25)16(18(23)27-4)13(9-19)20(10)2/h5-8,15H,1-4H3. The largest absolute Gasteiger partial charge is 0.466 e. The zero-order chi connectivity index (χ0) is 20.3. The number of nitriles is 1. The number of non-ortho nitro benzene ring substituents is 1. The number of methoxy groups -OCH3 is 2. The molecule has 1 aromatic rings. The number of hydrogen-bond donors (Lipinski definition) is 0. The van der Waals surface area contributed by atoms with Crippen molar-refractivity contribution >= 4 is 17.6 Å². The number of benzene rings is 1. The summed E-state index contributed by atoms with van der Waals surface area (Å²) in [6.07, 6.45) is 0. The number of ether oxygens (including phenoxy) is 2. The van der Waals surface area contributed by atoms with Crippen molar-refractivity contribution in [3.05, 3.63) is 62.5 Å². The highest BCUT2D eigenvalue weighted by Crippen LogP contribution is 2.42. The van der Waals surface area contributed by atoms with E-state index >= 15 is 0 Å². The fraction of sp³-hybridized carbons (Fsp3) is 0.278. The molecule has 0 amide bonds. The molecule has 2 rings (SSSR count). The normalized spacial score (nSPS) is 16.7. The summed E-state index contributed by atoms with van der Waals surface area (Å²) in [7, 11) is 3.87. The fourth-order valence-corrected chi connectivity index (χ4v) is 3.01. The first-order valence-corrected chi connectivity index (χ1v) is 7.78. The Bertz CT molecular complexity index is 925. The molecule has 0 saturated heterocycles. The van der Waals surface area contributed by atoms with E-state index < -0.39 is 22.8 Å². The molecule has 1 atom stereocenters. The van der Waals surface area contributed by atoms with E-state index in [0.717, 1.165) is 7.11 Å². The second-order valence-electron chi connectivity index (χ2n) is 5.70. The lowest BCUT2D eigenvalue weighted by Crippen LogP contribution is -2.33. The van der Waals surface area contributed by atoms with E-state index in [1.165, 1.54) is 43.3 Å². The lowest BCUT2D eigenvalue weighted by molar-refractivity contribution is -0.384. The number of nitro benzene ring substituents is 1. The minimum absolute atomic E-state index is 0.0106. The fourth-order valence-electron chi connectivity index (χ4n) is 3.01. The molecule has 0 bridgehead atoms. The Kier molecular flexibility index (Phi) is 5.60. The van der Waals surface area contributed by atoms with Crippen molar-refractivity contribution < 1.29 is 24.0 Å². The molecule has 0 saturated carbocycles. The predicted molar refractivity (Wildman–Crippen MR) is 93.0 cm³/mol. The Morgan fingerprint density at radius 1 is 1.22 bits per heavy atom. The Labute approximate surface area is 155 Å². The van der Waals surface area contributed by atoms with Crippen molar-refractivity contribution in [2.75, 3.05) is 21.3 Å². The molecule has 1 aliphatic heterocycles. The smallest absolute Gasteiger partial charge is 0.337 e. The van der Waals surface area contributed by atoms with E-state index in [1.807, 2.05) is 6.07 Å². The van der Waals surface area contributed by atoms with Crippen LogP contribution < -0.4 is 0 Å². The second-order valence-corrected chi connectivity index (χ2v) is 5.70. The van der Waals surface area contributed by atoms with Gasteiger partial charge in [0.1, 0.15) is 11.8 Å². The maximum atomic E-state index is 12.5. The van der Waals surface area contributed by atoms with Gasteiger partial charge >= 0.3 is 11.9 Å². The first-order chi connectivity index (χ1) is 12.8. The van der Waals surface area contributed by atoms with Gasteiger partial charge in [-0.3, -0.25) is 10.1 Å². The number of esters is 2. The van der Waals surface area contributed by atoms with Crippen LogP contribution in [0.2, 0.25) is 0 Å². The topological polar surface area (TPSA) is 123 Å². The van der Waals surface area contributed by atoms with E-state index in [4.69, 9.17) is 9.47 Å². The molecule has 0 spiro atoms. The zero-order valence-electron chi connectivity index (χ0n) is 15.2. The van der Waals surface area contributed by atoms with Crippen LogP contribution in [0.15, 0.2) is 46.8 Å². The van der Waals surface area contributed by atoms with Crippen LogP contribution in [0.3, 0.4) is 0 Å². The van der Waals surface area contributed by atoms with Gasteiger partial charge < -0.3 is 14.4 Å². The van der Waals surface area contributed by atoms with Gasteiger partial charge in [0.2, 0.25) is 0 Å². The van der Waals surface area contributed by atoms with E-state index in [-0.39, 0.29) is 22.5 Å². The molecule has 140 valence electrons. The summed E-state index contributed by atoms with van der Waals surface area (Å²) in [4.78, 5) is 36.9. The number of carbonyl (C=O) groups is 2. The van der Waals surface area contributed by atoms with Crippen LogP contribution in [-0.4, -0.2) is 43.0 Å². The molecule has 0 aromatic heterocycles. The molecule has 1 heterocycles. The highest BCUT2D eigenvalue weighted by atomic mass is 16.6. The van der Waals surface area contributed by atoms with Crippen molar-refractivity contribution in [2.45, 2.75) is 12.8 Å². The third kappa shape index (κ3) is 3.37. The maximum absolute atomic E-state index is 12.5. The third-order valence-electron chi connectivity index (χ3n) is 4.39. The Balaban J connectivity index is 2.86. The van der Waals surface area contributed by atoms with Crippen LogP contribution in [0.4, 0.5) is 5.69 Å². The van der Waals surface area contributed by atoms with Crippen molar-refractivity contribution in [1.82, 2.24) is 4.90 Å². The summed E-state index contributed by atoms with van der Waals surface area (Å²) in [5.74, 6) is -2.58.